The van der Waals surface area contributed by atoms with Gasteiger partial charge in [0.15, 0.2) is 0 Å². The summed E-state index contributed by atoms with van der Waals surface area (Å²) in [5.41, 5.74) is 1.05. The van der Waals surface area contributed by atoms with Gasteiger partial charge in [-0.2, -0.15) is 5.21 Å². The molecular weight excluding hydrogens is 272 g/mol. The van der Waals surface area contributed by atoms with Crippen LogP contribution < -0.4 is 9.64 Å². The largest absolute Gasteiger partial charge is 0.495 e. The Morgan fingerprint density at radius 1 is 1.24 bits per heavy atom. The molecule has 3 rings (SSSR count). The Morgan fingerprint density at radius 2 is 2.00 bits per heavy atom. The molecule has 2 aromatic rings. The number of para-hydroxylation sites is 2. The van der Waals surface area contributed by atoms with Gasteiger partial charge in [0.05, 0.1) is 12.8 Å². The number of benzene rings is 1. The number of methoxy groups -OCH3 is 1. The molecule has 1 aliphatic rings. The Balaban J connectivity index is 1.66. The number of rotatable bonds is 3. The number of nitrogens with one attached hydrogen (secondary N) is 1. The van der Waals surface area contributed by atoms with Crippen LogP contribution in [0, 0.1) is 0 Å². The van der Waals surface area contributed by atoms with Crippen molar-refractivity contribution in [2.24, 2.45) is 0 Å². The summed E-state index contributed by atoms with van der Waals surface area (Å²) in [5.74, 6) is 0.764. The highest BCUT2D eigenvalue weighted by atomic mass is 16.5. The third kappa shape index (κ3) is 2.64. The molecule has 1 aliphatic heterocycles. The van der Waals surface area contributed by atoms with Gasteiger partial charge in [0.25, 0.3) is 11.7 Å². The van der Waals surface area contributed by atoms with Crippen LogP contribution >= 0.6 is 0 Å². The first-order valence-electron chi connectivity index (χ1n) is 6.70. The van der Waals surface area contributed by atoms with Gasteiger partial charge in [-0.05, 0) is 17.3 Å². The monoisotopic (exact) mass is 288 g/mol. The predicted octanol–water partition coefficient (Wildman–Crippen LogP) is 0.171. The number of tetrazole rings is 1. The minimum absolute atomic E-state index is 0.112. The topological polar surface area (TPSA) is 87.2 Å². The van der Waals surface area contributed by atoms with Gasteiger partial charge in [-0.25, -0.2) is 0 Å². The van der Waals surface area contributed by atoms with Gasteiger partial charge < -0.3 is 14.5 Å². The summed E-state index contributed by atoms with van der Waals surface area (Å²) in [7, 11) is 1.66. The number of amides is 1. The lowest BCUT2D eigenvalue weighted by molar-refractivity contribution is 0.0734. The molecule has 0 unspecified atom stereocenters. The van der Waals surface area contributed by atoms with E-state index in [0.29, 0.717) is 13.1 Å². The van der Waals surface area contributed by atoms with E-state index in [-0.39, 0.29) is 11.7 Å². The van der Waals surface area contributed by atoms with Crippen molar-refractivity contribution in [1.29, 1.82) is 0 Å². The number of aromatic amines is 1. The molecule has 0 saturated carbocycles. The van der Waals surface area contributed by atoms with Gasteiger partial charge in [-0.1, -0.05) is 12.1 Å². The van der Waals surface area contributed by atoms with E-state index in [0.717, 1.165) is 24.5 Å². The van der Waals surface area contributed by atoms with E-state index in [9.17, 15) is 4.79 Å². The molecule has 1 aromatic heterocycles. The molecule has 1 amide bonds. The summed E-state index contributed by atoms with van der Waals surface area (Å²) in [6.45, 7) is 2.71. The summed E-state index contributed by atoms with van der Waals surface area (Å²) in [6, 6.07) is 7.88. The Morgan fingerprint density at radius 3 is 2.67 bits per heavy atom. The molecule has 0 spiro atoms. The van der Waals surface area contributed by atoms with E-state index in [2.05, 4.69) is 25.5 Å². The zero-order valence-electron chi connectivity index (χ0n) is 11.7. The highest BCUT2D eigenvalue weighted by Gasteiger charge is 2.25. The Labute approximate surface area is 121 Å². The summed E-state index contributed by atoms with van der Waals surface area (Å²) < 4.78 is 5.38. The Bertz CT molecular complexity index is 607. The van der Waals surface area contributed by atoms with Crippen LogP contribution in [0.25, 0.3) is 0 Å². The third-order valence-electron chi connectivity index (χ3n) is 3.53. The second-order valence-corrected chi connectivity index (χ2v) is 4.69. The second kappa shape index (κ2) is 5.78. The Hall–Kier alpha value is -2.64. The van der Waals surface area contributed by atoms with Crippen molar-refractivity contribution < 1.29 is 9.53 Å². The van der Waals surface area contributed by atoms with Gasteiger partial charge >= 0.3 is 0 Å². The molecule has 0 bridgehead atoms. The molecule has 0 atom stereocenters. The molecule has 21 heavy (non-hydrogen) atoms. The molecule has 8 heteroatoms. The van der Waals surface area contributed by atoms with Crippen molar-refractivity contribution in [3.63, 3.8) is 0 Å². The van der Waals surface area contributed by atoms with Crippen molar-refractivity contribution >= 4 is 11.6 Å². The predicted molar refractivity (Wildman–Crippen MR) is 75.3 cm³/mol. The number of aromatic nitrogens is 4. The molecule has 1 N–H and O–H groups in total. The average molecular weight is 288 g/mol. The molecule has 2 heterocycles. The zero-order valence-corrected chi connectivity index (χ0v) is 11.7. The second-order valence-electron chi connectivity index (χ2n) is 4.69. The van der Waals surface area contributed by atoms with Crippen LogP contribution in [0.2, 0.25) is 0 Å². The van der Waals surface area contributed by atoms with E-state index < -0.39 is 0 Å². The van der Waals surface area contributed by atoms with E-state index in [1.54, 1.807) is 12.0 Å². The van der Waals surface area contributed by atoms with Gasteiger partial charge in [0.1, 0.15) is 5.75 Å². The number of hydrogen-bond acceptors (Lipinski definition) is 6. The fraction of sp³-hybridized carbons (Fsp3) is 0.385. The number of carbonyl (C=O) groups is 1. The number of piperazine rings is 1. The first kappa shape index (κ1) is 13.3. The third-order valence-corrected chi connectivity index (χ3v) is 3.53. The summed E-state index contributed by atoms with van der Waals surface area (Å²) in [6.07, 6.45) is 0. The highest BCUT2D eigenvalue weighted by molar-refractivity contribution is 5.90. The van der Waals surface area contributed by atoms with E-state index >= 15 is 0 Å². The van der Waals surface area contributed by atoms with Gasteiger partial charge in [-0.15, -0.1) is 10.2 Å². The maximum atomic E-state index is 12.1. The van der Waals surface area contributed by atoms with Crippen molar-refractivity contribution in [3.8, 4) is 5.75 Å². The minimum atomic E-state index is -0.191. The van der Waals surface area contributed by atoms with Gasteiger partial charge in [0.2, 0.25) is 0 Å². The summed E-state index contributed by atoms with van der Waals surface area (Å²) in [4.78, 5) is 16.1. The summed E-state index contributed by atoms with van der Waals surface area (Å²) in [5, 5.41) is 13.2. The van der Waals surface area contributed by atoms with Crippen molar-refractivity contribution in [1.82, 2.24) is 25.5 Å². The fourth-order valence-electron chi connectivity index (χ4n) is 2.44. The maximum absolute atomic E-state index is 12.1. The number of H-pyrrole nitrogens is 1. The van der Waals surface area contributed by atoms with Crippen LogP contribution in [-0.4, -0.2) is 64.7 Å². The van der Waals surface area contributed by atoms with Crippen molar-refractivity contribution in [2.75, 3.05) is 38.2 Å². The van der Waals surface area contributed by atoms with Gasteiger partial charge in [-0.3, -0.25) is 4.79 Å². The van der Waals surface area contributed by atoms with Crippen molar-refractivity contribution in [3.05, 3.63) is 30.1 Å². The van der Waals surface area contributed by atoms with Crippen LogP contribution in [0.4, 0.5) is 5.69 Å². The van der Waals surface area contributed by atoms with Crippen LogP contribution in [0.3, 0.4) is 0 Å². The molecule has 110 valence electrons. The van der Waals surface area contributed by atoms with Crippen LogP contribution in [-0.2, 0) is 0 Å². The van der Waals surface area contributed by atoms with Crippen LogP contribution in [0.15, 0.2) is 24.3 Å². The number of nitrogens with zero attached hydrogens (tertiary/aromatic N) is 5. The molecule has 0 aliphatic carbocycles. The van der Waals surface area contributed by atoms with Gasteiger partial charge in [0, 0.05) is 26.2 Å². The van der Waals surface area contributed by atoms with E-state index in [4.69, 9.17) is 4.74 Å². The first-order valence-corrected chi connectivity index (χ1v) is 6.70. The van der Waals surface area contributed by atoms with E-state index in [1.807, 2.05) is 24.3 Å². The SMILES string of the molecule is COc1ccccc1N1CCN(C(=O)c2nn[nH]n2)CC1. The molecule has 8 nitrogen and oxygen atoms in total. The number of hydrogen-bond donors (Lipinski definition) is 1. The zero-order chi connectivity index (χ0) is 14.7. The first-order chi connectivity index (χ1) is 10.3. The standard InChI is InChI=1S/C13H16N6O2/c1-21-11-5-3-2-4-10(11)18-6-8-19(9-7-18)13(20)12-14-16-17-15-12/h2-5H,6-9H2,1H3,(H,14,15,16,17). The lowest BCUT2D eigenvalue weighted by Crippen LogP contribution is -2.49. The molecule has 0 radical (unpaired) electrons. The highest BCUT2D eigenvalue weighted by Crippen LogP contribution is 2.28. The van der Waals surface area contributed by atoms with Crippen LogP contribution in [0.1, 0.15) is 10.6 Å². The van der Waals surface area contributed by atoms with E-state index in [1.165, 1.54) is 0 Å². The van der Waals surface area contributed by atoms with Crippen molar-refractivity contribution in [2.45, 2.75) is 0 Å². The Kier molecular flexibility index (Phi) is 3.67. The minimum Gasteiger partial charge on any atom is -0.495 e. The summed E-state index contributed by atoms with van der Waals surface area (Å²) >= 11 is 0. The maximum Gasteiger partial charge on any atom is 0.295 e. The lowest BCUT2D eigenvalue weighted by atomic mass is 10.2. The smallest absolute Gasteiger partial charge is 0.295 e. The molecule has 1 fully saturated rings. The molecule has 1 saturated heterocycles. The quantitative estimate of drug-likeness (QED) is 0.866. The lowest BCUT2D eigenvalue weighted by Gasteiger charge is -2.36. The van der Waals surface area contributed by atoms with Crippen LogP contribution in [0.5, 0.6) is 5.75 Å². The average Bonchev–Trinajstić information content (AvgIpc) is 3.09. The number of anilines is 1. The molecule has 1 aromatic carbocycles. The number of ether oxygens (including phenoxy) is 1. The normalized spacial score (nSPS) is 15.1. The number of carbonyl (C=O) groups excluding carboxylic acids is 1. The molecular formula is C13H16N6O2. The fourth-order valence-corrected chi connectivity index (χ4v) is 2.44.